The number of carbonyl (C=O) groups is 1. The summed E-state index contributed by atoms with van der Waals surface area (Å²) in [5.74, 6) is 0.931. The first-order valence-electron chi connectivity index (χ1n) is 11.2. The fraction of sp³-hybridized carbons (Fsp3) is 0.480. The van der Waals surface area contributed by atoms with Crippen molar-refractivity contribution in [3.8, 4) is 5.75 Å². The molecule has 0 amide bonds. The number of hydrogen-bond donors (Lipinski definition) is 0. The first-order valence-corrected chi connectivity index (χ1v) is 11.2. The third-order valence-corrected chi connectivity index (χ3v) is 6.04. The summed E-state index contributed by atoms with van der Waals surface area (Å²) in [6.07, 6.45) is 0. The lowest BCUT2D eigenvalue weighted by molar-refractivity contribution is -0.0301. The number of rotatable bonds is 8. The van der Waals surface area contributed by atoms with Gasteiger partial charge in [-0.3, -0.25) is 14.6 Å². The molecule has 2 saturated heterocycles. The molecule has 2 aromatic carbocycles. The standard InChI is InChI=1S/C25H32N2O4/c1-2-31-22-10-8-21(9-11-22)25(28)24(27-14-18-30-19-15-27)23(20-6-4-3-5-7-20)26-12-16-29-17-13-26/h3-11,23-24H,2,12-19H2,1H3/t23-,24+/m0/s1. The Balaban J connectivity index is 1.71. The summed E-state index contributed by atoms with van der Waals surface area (Å²) < 4.78 is 16.8. The van der Waals surface area contributed by atoms with Gasteiger partial charge >= 0.3 is 0 Å². The Morgan fingerprint density at radius 2 is 1.45 bits per heavy atom. The highest BCUT2D eigenvalue weighted by Gasteiger charge is 2.39. The van der Waals surface area contributed by atoms with Gasteiger partial charge in [0.05, 0.1) is 45.1 Å². The van der Waals surface area contributed by atoms with E-state index < -0.39 is 0 Å². The molecule has 0 bridgehead atoms. The van der Waals surface area contributed by atoms with Crippen molar-refractivity contribution in [2.45, 2.75) is 19.0 Å². The molecule has 0 unspecified atom stereocenters. The second-order valence-electron chi connectivity index (χ2n) is 7.92. The first kappa shape index (κ1) is 22.0. The molecule has 0 aliphatic carbocycles. The molecule has 31 heavy (non-hydrogen) atoms. The van der Waals surface area contributed by atoms with E-state index in [2.05, 4.69) is 34.1 Å². The molecule has 0 N–H and O–H groups in total. The summed E-state index contributed by atoms with van der Waals surface area (Å²) in [4.78, 5) is 18.7. The molecule has 0 aromatic heterocycles. The molecular formula is C25H32N2O4. The van der Waals surface area contributed by atoms with Crippen LogP contribution in [-0.2, 0) is 9.47 Å². The molecule has 6 nitrogen and oxygen atoms in total. The van der Waals surface area contributed by atoms with Gasteiger partial charge in [0, 0.05) is 31.7 Å². The van der Waals surface area contributed by atoms with Crippen molar-refractivity contribution >= 4 is 5.78 Å². The van der Waals surface area contributed by atoms with Gasteiger partial charge in [-0.15, -0.1) is 0 Å². The van der Waals surface area contributed by atoms with Crippen molar-refractivity contribution in [2.24, 2.45) is 0 Å². The molecule has 4 rings (SSSR count). The monoisotopic (exact) mass is 424 g/mol. The van der Waals surface area contributed by atoms with Gasteiger partial charge in [0.15, 0.2) is 5.78 Å². The Labute approximate surface area is 184 Å². The number of nitrogens with zero attached hydrogens (tertiary/aromatic N) is 2. The zero-order valence-corrected chi connectivity index (χ0v) is 18.2. The summed E-state index contributed by atoms with van der Waals surface area (Å²) in [7, 11) is 0. The van der Waals surface area contributed by atoms with E-state index in [9.17, 15) is 4.79 Å². The maximum Gasteiger partial charge on any atom is 0.181 e. The minimum Gasteiger partial charge on any atom is -0.494 e. The molecule has 0 radical (unpaired) electrons. The van der Waals surface area contributed by atoms with E-state index in [1.807, 2.05) is 37.3 Å². The van der Waals surface area contributed by atoms with Crippen LogP contribution in [0.5, 0.6) is 5.75 Å². The first-order chi connectivity index (χ1) is 15.3. The maximum absolute atomic E-state index is 14.0. The van der Waals surface area contributed by atoms with Gasteiger partial charge < -0.3 is 14.2 Å². The van der Waals surface area contributed by atoms with E-state index in [4.69, 9.17) is 14.2 Å². The van der Waals surface area contributed by atoms with Gasteiger partial charge in [-0.05, 0) is 36.8 Å². The van der Waals surface area contributed by atoms with Crippen LogP contribution in [0.1, 0.15) is 28.9 Å². The van der Waals surface area contributed by atoms with E-state index >= 15 is 0 Å². The number of ether oxygens (including phenoxy) is 3. The van der Waals surface area contributed by atoms with E-state index in [-0.39, 0.29) is 17.9 Å². The second-order valence-corrected chi connectivity index (χ2v) is 7.92. The lowest BCUT2D eigenvalue weighted by Crippen LogP contribution is -2.55. The predicted octanol–water partition coefficient (Wildman–Crippen LogP) is 3.04. The lowest BCUT2D eigenvalue weighted by atomic mass is 9.89. The molecule has 6 heteroatoms. The maximum atomic E-state index is 14.0. The van der Waals surface area contributed by atoms with Crippen LogP contribution in [0.2, 0.25) is 0 Å². The molecule has 2 atom stereocenters. The second kappa shape index (κ2) is 10.9. The number of morpholine rings is 2. The van der Waals surface area contributed by atoms with Crippen LogP contribution < -0.4 is 4.74 Å². The van der Waals surface area contributed by atoms with Crippen molar-refractivity contribution in [2.75, 3.05) is 59.2 Å². The summed E-state index contributed by atoms with van der Waals surface area (Å²) in [6.45, 7) is 8.38. The Morgan fingerprint density at radius 3 is 2.03 bits per heavy atom. The highest BCUT2D eigenvalue weighted by molar-refractivity contribution is 6.00. The SMILES string of the molecule is CCOc1ccc(C(=O)[C@@H]([C@H](c2ccccc2)N2CCOCC2)N2CCOCC2)cc1. The van der Waals surface area contributed by atoms with E-state index in [1.165, 1.54) is 5.56 Å². The fourth-order valence-corrected chi connectivity index (χ4v) is 4.52. The minimum absolute atomic E-state index is 0.0396. The molecule has 2 aromatic rings. The highest BCUT2D eigenvalue weighted by Crippen LogP contribution is 2.31. The van der Waals surface area contributed by atoms with Gasteiger partial charge in [-0.1, -0.05) is 30.3 Å². The van der Waals surface area contributed by atoms with Crippen LogP contribution in [-0.4, -0.2) is 80.8 Å². The average Bonchev–Trinajstić information content (AvgIpc) is 2.84. The van der Waals surface area contributed by atoms with Crippen LogP contribution in [0.25, 0.3) is 0 Å². The molecule has 2 aliphatic rings. The molecular weight excluding hydrogens is 392 g/mol. The Bertz CT molecular complexity index is 815. The Hall–Kier alpha value is -2.25. The molecule has 2 heterocycles. The highest BCUT2D eigenvalue weighted by atomic mass is 16.5. The van der Waals surface area contributed by atoms with Crippen molar-refractivity contribution in [1.82, 2.24) is 9.80 Å². The number of benzene rings is 2. The van der Waals surface area contributed by atoms with E-state index in [0.29, 0.717) is 38.6 Å². The van der Waals surface area contributed by atoms with Crippen molar-refractivity contribution in [3.63, 3.8) is 0 Å². The van der Waals surface area contributed by atoms with Gasteiger partial charge in [0.25, 0.3) is 0 Å². The zero-order chi connectivity index (χ0) is 21.5. The van der Waals surface area contributed by atoms with Crippen LogP contribution >= 0.6 is 0 Å². The number of hydrogen-bond acceptors (Lipinski definition) is 6. The van der Waals surface area contributed by atoms with Crippen LogP contribution in [0.3, 0.4) is 0 Å². The quantitative estimate of drug-likeness (QED) is 0.607. The van der Waals surface area contributed by atoms with Crippen LogP contribution in [0.4, 0.5) is 0 Å². The molecule has 2 fully saturated rings. The smallest absolute Gasteiger partial charge is 0.181 e. The third kappa shape index (κ3) is 5.33. The number of ketones is 1. The normalized spacial score (nSPS) is 20.2. The van der Waals surface area contributed by atoms with Gasteiger partial charge in [0.2, 0.25) is 0 Å². The summed E-state index contributed by atoms with van der Waals surface area (Å²) >= 11 is 0. The van der Waals surface area contributed by atoms with Gasteiger partial charge in [-0.2, -0.15) is 0 Å². The van der Waals surface area contributed by atoms with Gasteiger partial charge in [-0.25, -0.2) is 0 Å². The van der Waals surface area contributed by atoms with E-state index in [0.717, 1.165) is 31.9 Å². The van der Waals surface area contributed by atoms with Crippen molar-refractivity contribution < 1.29 is 19.0 Å². The summed E-state index contributed by atoms with van der Waals surface area (Å²) in [6, 6.07) is 17.6. The molecule has 166 valence electrons. The number of Topliss-reactive ketones (excluding diaryl/α,β-unsaturated/α-hetero) is 1. The Morgan fingerprint density at radius 1 is 0.871 bits per heavy atom. The predicted molar refractivity (Wildman–Crippen MR) is 120 cm³/mol. The van der Waals surface area contributed by atoms with Gasteiger partial charge in [0.1, 0.15) is 5.75 Å². The van der Waals surface area contributed by atoms with Crippen LogP contribution in [0.15, 0.2) is 54.6 Å². The molecule has 0 saturated carbocycles. The lowest BCUT2D eigenvalue weighted by Gasteiger charge is -2.44. The third-order valence-electron chi connectivity index (χ3n) is 6.04. The largest absolute Gasteiger partial charge is 0.494 e. The summed E-state index contributed by atoms with van der Waals surface area (Å²) in [5, 5.41) is 0. The summed E-state index contributed by atoms with van der Waals surface area (Å²) in [5.41, 5.74) is 1.88. The Kier molecular flexibility index (Phi) is 7.70. The zero-order valence-electron chi connectivity index (χ0n) is 18.2. The topological polar surface area (TPSA) is 51.2 Å². The molecule has 0 spiro atoms. The fourth-order valence-electron chi connectivity index (χ4n) is 4.52. The minimum atomic E-state index is -0.289. The van der Waals surface area contributed by atoms with Crippen molar-refractivity contribution in [1.29, 1.82) is 0 Å². The van der Waals surface area contributed by atoms with E-state index in [1.54, 1.807) is 0 Å². The number of carbonyl (C=O) groups excluding carboxylic acids is 1. The van der Waals surface area contributed by atoms with Crippen LogP contribution in [0, 0.1) is 0 Å². The molecule has 2 aliphatic heterocycles. The van der Waals surface area contributed by atoms with Crippen molar-refractivity contribution in [3.05, 3.63) is 65.7 Å². The average molecular weight is 425 g/mol.